The Morgan fingerprint density at radius 2 is 2.56 bits per heavy atom. The number of hydrogen-bond donors (Lipinski definition) is 0. The molecule has 0 saturated carbocycles. The molecule has 0 N–H and O–H groups in total. The lowest BCUT2D eigenvalue weighted by molar-refractivity contribution is 0.187. The van der Waals surface area contributed by atoms with Crippen molar-refractivity contribution in [1.82, 2.24) is 4.98 Å². The number of ether oxygens (including phenoxy) is 1. The van der Waals surface area contributed by atoms with E-state index in [2.05, 4.69) is 4.98 Å². The first-order valence-electron chi connectivity index (χ1n) is 2.73. The molecule has 2 nitrogen and oxygen atoms in total. The number of aryl methyl sites for hydroxylation is 1. The highest BCUT2D eigenvalue weighted by Gasteiger charge is 1.94. The van der Waals surface area contributed by atoms with E-state index in [9.17, 15) is 0 Å². The zero-order chi connectivity index (χ0) is 6.69. The van der Waals surface area contributed by atoms with Crippen molar-refractivity contribution in [1.29, 1.82) is 0 Å². The summed E-state index contributed by atoms with van der Waals surface area (Å²) in [6, 6.07) is 0. The summed E-state index contributed by atoms with van der Waals surface area (Å²) >= 11 is 1.68. The Kier molecular flexibility index (Phi) is 2.19. The van der Waals surface area contributed by atoms with E-state index < -0.39 is 0 Å². The maximum atomic E-state index is 4.91. The lowest BCUT2D eigenvalue weighted by atomic mass is 10.6. The summed E-state index contributed by atoms with van der Waals surface area (Å²) in [5.41, 5.74) is 0. The molecular weight excluding hydrogens is 134 g/mol. The Hall–Kier alpha value is -0.410. The maximum absolute atomic E-state index is 4.91. The second kappa shape index (κ2) is 2.94. The second-order valence-electron chi connectivity index (χ2n) is 1.78. The third kappa shape index (κ3) is 1.77. The normalized spacial score (nSPS) is 10.0. The van der Waals surface area contributed by atoms with Crippen molar-refractivity contribution >= 4 is 11.3 Å². The van der Waals surface area contributed by atoms with Crippen LogP contribution in [0.2, 0.25) is 0 Å². The van der Waals surface area contributed by atoms with Gasteiger partial charge in [0.15, 0.2) is 0 Å². The largest absolute Gasteiger partial charge is 0.379 e. The first-order valence-corrected chi connectivity index (χ1v) is 3.55. The lowest BCUT2D eigenvalue weighted by Gasteiger charge is -1.88. The molecule has 0 bridgehead atoms. The summed E-state index contributed by atoms with van der Waals surface area (Å²) in [5, 5.41) is 1.10. The molecule has 0 amide bonds. The summed E-state index contributed by atoms with van der Waals surface area (Å²) in [6.07, 6.45) is 1.85. The van der Waals surface area contributed by atoms with Crippen molar-refractivity contribution < 1.29 is 4.74 Å². The molecule has 0 unspecified atom stereocenters. The van der Waals surface area contributed by atoms with Crippen molar-refractivity contribution in [2.75, 3.05) is 7.11 Å². The quantitative estimate of drug-likeness (QED) is 0.627. The van der Waals surface area contributed by atoms with Gasteiger partial charge in [-0.25, -0.2) is 4.98 Å². The molecule has 3 heteroatoms. The second-order valence-corrected chi connectivity index (χ2v) is 3.10. The predicted molar refractivity (Wildman–Crippen MR) is 37.6 cm³/mol. The van der Waals surface area contributed by atoms with E-state index in [0.29, 0.717) is 6.61 Å². The van der Waals surface area contributed by atoms with Gasteiger partial charge in [-0.15, -0.1) is 11.3 Å². The Morgan fingerprint density at radius 3 is 3.00 bits per heavy atom. The first kappa shape index (κ1) is 6.71. The number of hydrogen-bond acceptors (Lipinski definition) is 3. The van der Waals surface area contributed by atoms with Gasteiger partial charge in [0.25, 0.3) is 0 Å². The zero-order valence-corrected chi connectivity index (χ0v) is 6.36. The Bertz CT molecular complexity index is 185. The van der Waals surface area contributed by atoms with E-state index in [0.717, 1.165) is 5.01 Å². The molecule has 9 heavy (non-hydrogen) atoms. The molecule has 0 saturated heterocycles. The third-order valence-corrected chi connectivity index (χ3v) is 1.84. The van der Waals surface area contributed by atoms with Crippen LogP contribution in [0.3, 0.4) is 0 Å². The number of nitrogens with zero attached hydrogens (tertiary/aromatic N) is 1. The van der Waals surface area contributed by atoms with Crippen LogP contribution in [-0.4, -0.2) is 12.1 Å². The van der Waals surface area contributed by atoms with Gasteiger partial charge in [-0.2, -0.15) is 0 Å². The molecule has 1 aromatic rings. The SMILES string of the molecule is COCc1cnc(C)s1. The van der Waals surface area contributed by atoms with E-state index >= 15 is 0 Å². The number of methoxy groups -OCH3 is 1. The fourth-order valence-corrected chi connectivity index (χ4v) is 1.38. The highest BCUT2D eigenvalue weighted by Crippen LogP contribution is 2.11. The van der Waals surface area contributed by atoms with Crippen LogP contribution in [0.1, 0.15) is 9.88 Å². The van der Waals surface area contributed by atoms with E-state index in [1.807, 2.05) is 13.1 Å². The molecule has 50 valence electrons. The van der Waals surface area contributed by atoms with Gasteiger partial charge >= 0.3 is 0 Å². The summed E-state index contributed by atoms with van der Waals surface area (Å²) in [6.45, 7) is 2.68. The van der Waals surface area contributed by atoms with Gasteiger partial charge in [0.05, 0.1) is 16.5 Å². The van der Waals surface area contributed by atoms with Crippen LogP contribution in [0.4, 0.5) is 0 Å². The number of rotatable bonds is 2. The van der Waals surface area contributed by atoms with E-state index in [1.165, 1.54) is 4.88 Å². The maximum Gasteiger partial charge on any atom is 0.0897 e. The standard InChI is InChI=1S/C6H9NOS/c1-5-7-3-6(9-5)4-8-2/h3H,4H2,1-2H3. The van der Waals surface area contributed by atoms with Crippen LogP contribution in [0.15, 0.2) is 6.20 Å². The predicted octanol–water partition coefficient (Wildman–Crippen LogP) is 1.60. The molecule has 0 atom stereocenters. The zero-order valence-electron chi connectivity index (χ0n) is 5.55. The van der Waals surface area contributed by atoms with E-state index in [4.69, 9.17) is 4.74 Å². The van der Waals surface area contributed by atoms with Gasteiger partial charge in [-0.05, 0) is 6.92 Å². The summed E-state index contributed by atoms with van der Waals surface area (Å²) < 4.78 is 4.91. The Balaban J connectivity index is 2.61. The Labute approximate surface area is 58.5 Å². The molecular formula is C6H9NOS. The van der Waals surface area contributed by atoms with Crippen LogP contribution in [0, 0.1) is 6.92 Å². The minimum absolute atomic E-state index is 0.686. The highest BCUT2D eigenvalue weighted by atomic mass is 32.1. The molecule has 0 fully saturated rings. The molecule has 0 aliphatic carbocycles. The summed E-state index contributed by atoms with van der Waals surface area (Å²) in [4.78, 5) is 5.26. The Morgan fingerprint density at radius 1 is 1.78 bits per heavy atom. The molecule has 0 aliphatic heterocycles. The molecule has 1 heterocycles. The first-order chi connectivity index (χ1) is 4.33. The van der Waals surface area contributed by atoms with Crippen LogP contribution in [0.5, 0.6) is 0 Å². The molecule has 0 radical (unpaired) electrons. The van der Waals surface area contributed by atoms with Gasteiger partial charge in [-0.1, -0.05) is 0 Å². The van der Waals surface area contributed by atoms with Gasteiger partial charge in [0.2, 0.25) is 0 Å². The molecule has 0 spiro atoms. The molecule has 0 aromatic carbocycles. The fourth-order valence-electron chi connectivity index (χ4n) is 0.614. The summed E-state index contributed by atoms with van der Waals surface area (Å²) in [7, 11) is 1.69. The van der Waals surface area contributed by atoms with Crippen LogP contribution < -0.4 is 0 Å². The van der Waals surface area contributed by atoms with Crippen molar-refractivity contribution in [3.8, 4) is 0 Å². The fraction of sp³-hybridized carbons (Fsp3) is 0.500. The van der Waals surface area contributed by atoms with E-state index in [-0.39, 0.29) is 0 Å². The van der Waals surface area contributed by atoms with Crippen molar-refractivity contribution in [3.63, 3.8) is 0 Å². The van der Waals surface area contributed by atoms with E-state index in [1.54, 1.807) is 18.4 Å². The molecule has 1 aromatic heterocycles. The number of aromatic nitrogens is 1. The topological polar surface area (TPSA) is 22.1 Å². The molecule has 0 aliphatic rings. The van der Waals surface area contributed by atoms with Gasteiger partial charge < -0.3 is 4.74 Å². The third-order valence-electron chi connectivity index (χ3n) is 0.956. The molecule has 1 rings (SSSR count). The van der Waals surface area contributed by atoms with Gasteiger partial charge in [-0.3, -0.25) is 0 Å². The van der Waals surface area contributed by atoms with Crippen LogP contribution >= 0.6 is 11.3 Å². The van der Waals surface area contributed by atoms with Crippen LogP contribution in [-0.2, 0) is 11.3 Å². The summed E-state index contributed by atoms with van der Waals surface area (Å²) in [5.74, 6) is 0. The highest BCUT2D eigenvalue weighted by molar-refractivity contribution is 7.11. The monoisotopic (exact) mass is 143 g/mol. The minimum atomic E-state index is 0.686. The lowest BCUT2D eigenvalue weighted by Crippen LogP contribution is -1.79. The van der Waals surface area contributed by atoms with Crippen molar-refractivity contribution in [2.45, 2.75) is 13.5 Å². The van der Waals surface area contributed by atoms with Gasteiger partial charge in [0.1, 0.15) is 0 Å². The van der Waals surface area contributed by atoms with Crippen molar-refractivity contribution in [2.24, 2.45) is 0 Å². The van der Waals surface area contributed by atoms with Gasteiger partial charge in [0, 0.05) is 13.3 Å². The average molecular weight is 143 g/mol. The van der Waals surface area contributed by atoms with Crippen molar-refractivity contribution in [3.05, 3.63) is 16.1 Å². The number of thiazole rings is 1. The van der Waals surface area contributed by atoms with Crippen LogP contribution in [0.25, 0.3) is 0 Å². The average Bonchev–Trinajstić information content (AvgIpc) is 2.17. The smallest absolute Gasteiger partial charge is 0.0897 e. The minimum Gasteiger partial charge on any atom is -0.379 e.